The van der Waals surface area contributed by atoms with E-state index in [2.05, 4.69) is 0 Å². The lowest BCUT2D eigenvalue weighted by Gasteiger charge is -2.42. The minimum Gasteiger partial charge on any atom is -0.480 e. The van der Waals surface area contributed by atoms with Gasteiger partial charge in [0.2, 0.25) is 0 Å². The van der Waals surface area contributed by atoms with Crippen molar-refractivity contribution in [3.05, 3.63) is 59.6 Å². The Morgan fingerprint density at radius 2 is 1.50 bits per heavy atom. The Labute approximate surface area is 205 Å². The zero-order chi connectivity index (χ0) is 24.7. The zero-order valence-corrected chi connectivity index (χ0v) is 20.3. The van der Waals surface area contributed by atoms with E-state index in [-0.39, 0.29) is 25.7 Å². The summed E-state index contributed by atoms with van der Waals surface area (Å²) in [4.78, 5) is 45.1. The zero-order valence-electron chi connectivity index (χ0n) is 19.6. The summed E-state index contributed by atoms with van der Waals surface area (Å²) in [6, 6.07) is 14.0. The minimum absolute atomic E-state index is 0.0624. The summed E-state index contributed by atoms with van der Waals surface area (Å²) in [6.07, 6.45) is 1.64. The van der Waals surface area contributed by atoms with Gasteiger partial charge in [-0.25, -0.2) is 14.4 Å². The van der Waals surface area contributed by atoms with Crippen molar-refractivity contribution in [1.82, 2.24) is 14.7 Å². The highest BCUT2D eigenvalue weighted by Crippen LogP contribution is 2.29. The molecule has 3 rings (SSSR count). The van der Waals surface area contributed by atoms with Crippen LogP contribution in [0.1, 0.15) is 26.7 Å². The van der Waals surface area contributed by atoms with Crippen LogP contribution in [-0.2, 0) is 4.79 Å². The molecule has 0 bridgehead atoms. The second-order valence-electron chi connectivity index (χ2n) is 8.19. The lowest BCUT2D eigenvalue weighted by molar-refractivity contribution is -0.143. The number of piperazine rings is 1. The third kappa shape index (κ3) is 5.80. The Kier molecular flexibility index (Phi) is 8.76. The fraction of sp³-hybridized carbons (Fsp3) is 0.400. The molecule has 0 radical (unpaired) electrons. The van der Waals surface area contributed by atoms with E-state index < -0.39 is 18.0 Å². The predicted octanol–water partition coefficient (Wildman–Crippen LogP) is 4.91. The molecule has 8 nitrogen and oxygen atoms in total. The fourth-order valence-corrected chi connectivity index (χ4v) is 4.23. The van der Waals surface area contributed by atoms with E-state index in [9.17, 15) is 19.5 Å². The van der Waals surface area contributed by atoms with Crippen molar-refractivity contribution < 1.29 is 19.5 Å². The monoisotopic (exact) mass is 486 g/mol. The van der Waals surface area contributed by atoms with E-state index in [1.54, 1.807) is 46.2 Å². The Morgan fingerprint density at radius 3 is 2.06 bits per heavy atom. The number of anilines is 2. The Balaban J connectivity index is 1.88. The van der Waals surface area contributed by atoms with Crippen molar-refractivity contribution in [2.45, 2.75) is 32.7 Å². The van der Waals surface area contributed by atoms with Crippen molar-refractivity contribution in [3.63, 3.8) is 0 Å². The second-order valence-corrected chi connectivity index (χ2v) is 8.63. The summed E-state index contributed by atoms with van der Waals surface area (Å²) in [7, 11) is 0. The Bertz CT molecular complexity index is 980. The fourth-order valence-electron chi connectivity index (χ4n) is 4.11. The molecule has 0 spiro atoms. The summed E-state index contributed by atoms with van der Waals surface area (Å²) < 4.78 is 0. The van der Waals surface area contributed by atoms with Crippen LogP contribution in [0.3, 0.4) is 0 Å². The summed E-state index contributed by atoms with van der Waals surface area (Å²) in [5.74, 6) is -1.15. The van der Waals surface area contributed by atoms with Crippen molar-refractivity contribution >= 4 is 41.0 Å². The molecule has 1 aliphatic rings. The van der Waals surface area contributed by atoms with Gasteiger partial charge in [-0.05, 0) is 49.2 Å². The van der Waals surface area contributed by atoms with Crippen LogP contribution in [0.15, 0.2) is 54.6 Å². The van der Waals surface area contributed by atoms with Crippen LogP contribution in [0.2, 0.25) is 5.02 Å². The van der Waals surface area contributed by atoms with Gasteiger partial charge in [-0.1, -0.05) is 43.6 Å². The molecular formula is C25H31ClN4O4. The second kappa shape index (κ2) is 11.7. The molecule has 1 aliphatic heterocycles. The molecule has 1 heterocycles. The number of carboxylic acids is 1. The highest BCUT2D eigenvalue weighted by molar-refractivity contribution is 6.30. The number of carboxylic acid groups (broad SMARTS) is 1. The lowest BCUT2D eigenvalue weighted by atomic mass is 10.1. The van der Waals surface area contributed by atoms with Gasteiger partial charge < -0.3 is 19.8 Å². The van der Waals surface area contributed by atoms with Crippen LogP contribution in [0.5, 0.6) is 0 Å². The average molecular weight is 487 g/mol. The smallest absolute Gasteiger partial charge is 0.329 e. The highest BCUT2D eigenvalue weighted by Gasteiger charge is 2.40. The first-order valence-electron chi connectivity index (χ1n) is 11.5. The molecule has 1 fully saturated rings. The molecule has 0 saturated carbocycles. The maximum atomic E-state index is 13.8. The van der Waals surface area contributed by atoms with Crippen molar-refractivity contribution in [2.24, 2.45) is 0 Å². The molecule has 1 N–H and O–H groups in total. The van der Waals surface area contributed by atoms with Gasteiger partial charge in [0.05, 0.1) is 17.9 Å². The molecule has 1 unspecified atom stereocenters. The summed E-state index contributed by atoms with van der Waals surface area (Å²) in [5, 5.41) is 10.5. The highest BCUT2D eigenvalue weighted by atomic mass is 35.5. The maximum absolute atomic E-state index is 13.8. The largest absolute Gasteiger partial charge is 0.480 e. The SMILES string of the molecule is CCCN(CCC)C(=O)N1CCN(C(=O)N(c2ccccc2)c2ccc(Cl)cc2)C(C(=O)O)C1. The molecule has 4 amide bonds. The quantitative estimate of drug-likeness (QED) is 0.602. The molecule has 2 aromatic carbocycles. The molecule has 1 saturated heterocycles. The number of benzene rings is 2. The average Bonchev–Trinajstić information content (AvgIpc) is 2.85. The van der Waals surface area contributed by atoms with E-state index in [1.165, 1.54) is 9.80 Å². The minimum atomic E-state index is -1.16. The molecule has 34 heavy (non-hydrogen) atoms. The number of carbonyl (C=O) groups excluding carboxylic acids is 2. The van der Waals surface area contributed by atoms with Gasteiger partial charge in [-0.3, -0.25) is 4.90 Å². The van der Waals surface area contributed by atoms with Crippen LogP contribution >= 0.6 is 11.6 Å². The third-order valence-electron chi connectivity index (χ3n) is 5.73. The number of amides is 4. The third-order valence-corrected chi connectivity index (χ3v) is 5.98. The van der Waals surface area contributed by atoms with Crippen molar-refractivity contribution in [1.29, 1.82) is 0 Å². The molecule has 1 atom stereocenters. The van der Waals surface area contributed by atoms with E-state index >= 15 is 0 Å². The van der Waals surface area contributed by atoms with Gasteiger partial charge in [0.25, 0.3) is 0 Å². The van der Waals surface area contributed by atoms with Gasteiger partial charge in [-0.15, -0.1) is 0 Å². The molecule has 9 heteroatoms. The molecular weight excluding hydrogens is 456 g/mol. The van der Waals surface area contributed by atoms with Crippen LogP contribution < -0.4 is 4.90 Å². The normalized spacial score (nSPS) is 15.7. The van der Waals surface area contributed by atoms with E-state index in [4.69, 9.17) is 11.6 Å². The summed E-state index contributed by atoms with van der Waals surface area (Å²) in [5.41, 5.74) is 1.18. The van der Waals surface area contributed by atoms with Crippen LogP contribution in [0.25, 0.3) is 0 Å². The van der Waals surface area contributed by atoms with Gasteiger partial charge in [-0.2, -0.15) is 0 Å². The van der Waals surface area contributed by atoms with Gasteiger partial charge in [0, 0.05) is 31.2 Å². The number of rotatable bonds is 7. The molecule has 0 aromatic heterocycles. The number of nitrogens with zero attached hydrogens (tertiary/aromatic N) is 4. The topological polar surface area (TPSA) is 84.4 Å². The first-order valence-corrected chi connectivity index (χ1v) is 11.9. The number of para-hydroxylation sites is 1. The number of aliphatic carboxylic acids is 1. The van der Waals surface area contributed by atoms with Crippen molar-refractivity contribution in [3.8, 4) is 0 Å². The maximum Gasteiger partial charge on any atom is 0.329 e. The molecule has 2 aromatic rings. The van der Waals surface area contributed by atoms with Gasteiger partial charge in [0.1, 0.15) is 6.04 Å². The lowest BCUT2D eigenvalue weighted by Crippen LogP contribution is -2.62. The van der Waals surface area contributed by atoms with Crippen LogP contribution in [0, 0.1) is 0 Å². The number of hydrogen-bond donors (Lipinski definition) is 1. The number of carbonyl (C=O) groups is 3. The van der Waals surface area contributed by atoms with E-state index in [1.807, 2.05) is 32.0 Å². The van der Waals surface area contributed by atoms with Crippen LogP contribution in [0.4, 0.5) is 21.0 Å². The standard InChI is InChI=1S/C25H31ClN4O4/c1-3-14-27(15-4-2)24(33)28-16-17-29(22(18-28)23(31)32)25(34)30(20-8-6-5-7-9-20)21-12-10-19(26)11-13-21/h5-13,22H,3-4,14-18H2,1-2H3,(H,31,32). The first kappa shape index (κ1) is 25.4. The van der Waals surface area contributed by atoms with E-state index in [0.717, 1.165) is 12.8 Å². The number of halogens is 1. The van der Waals surface area contributed by atoms with Gasteiger partial charge >= 0.3 is 18.0 Å². The van der Waals surface area contributed by atoms with Gasteiger partial charge in [0.15, 0.2) is 0 Å². The van der Waals surface area contributed by atoms with Crippen molar-refractivity contribution in [2.75, 3.05) is 37.6 Å². The summed E-state index contributed by atoms with van der Waals surface area (Å²) >= 11 is 6.04. The Hall–Kier alpha value is -3.26. The Morgan fingerprint density at radius 1 is 0.912 bits per heavy atom. The van der Waals surface area contributed by atoms with Crippen LogP contribution in [-0.4, -0.2) is 76.6 Å². The number of urea groups is 2. The first-order chi connectivity index (χ1) is 16.4. The molecule has 182 valence electrons. The summed E-state index contributed by atoms with van der Waals surface area (Å²) in [6.45, 7) is 5.55. The number of hydrogen-bond acceptors (Lipinski definition) is 3. The van der Waals surface area contributed by atoms with E-state index in [0.29, 0.717) is 29.5 Å². The molecule has 0 aliphatic carbocycles. The predicted molar refractivity (Wildman–Crippen MR) is 133 cm³/mol.